The molecule has 0 heterocycles. The van der Waals surface area contributed by atoms with Gasteiger partial charge in [0.2, 0.25) is 0 Å². The first-order valence-electron chi connectivity index (χ1n) is 8.31. The summed E-state index contributed by atoms with van der Waals surface area (Å²) in [4.78, 5) is 0. The molecular weight excluding hydrogens is 246 g/mol. The third kappa shape index (κ3) is 4.43. The van der Waals surface area contributed by atoms with Gasteiger partial charge >= 0.3 is 0 Å². The average Bonchev–Trinajstić information content (AvgIpc) is 2.68. The second-order valence-corrected chi connectivity index (χ2v) is 5.93. The fraction of sp³-hybridized carbons (Fsp3) is 0.667. The maximum Gasteiger partial charge on any atom is 0.142 e. The van der Waals surface area contributed by atoms with E-state index in [1.165, 1.54) is 44.9 Å². The van der Waals surface area contributed by atoms with Gasteiger partial charge in [0.25, 0.3) is 0 Å². The van der Waals surface area contributed by atoms with Crippen molar-refractivity contribution < 1.29 is 4.74 Å². The molecule has 1 aromatic rings. The Bertz CT molecular complexity index is 391. The topological polar surface area (TPSA) is 21.3 Å². The third-order valence-electron chi connectivity index (χ3n) is 4.33. The molecule has 0 aromatic heterocycles. The van der Waals surface area contributed by atoms with Gasteiger partial charge in [-0.1, -0.05) is 44.7 Å². The quantitative estimate of drug-likeness (QED) is 0.716. The highest BCUT2D eigenvalue weighted by molar-refractivity contribution is 5.56. The Morgan fingerprint density at radius 1 is 1.10 bits per heavy atom. The molecular formula is C18H29NO. The summed E-state index contributed by atoms with van der Waals surface area (Å²) in [5.41, 5.74) is 1.16. The molecule has 1 fully saturated rings. The number of hydrogen-bond acceptors (Lipinski definition) is 2. The molecule has 0 aliphatic heterocycles. The van der Waals surface area contributed by atoms with Gasteiger partial charge in [-0.05, 0) is 44.2 Å². The van der Waals surface area contributed by atoms with Gasteiger partial charge in [0.15, 0.2) is 0 Å². The molecule has 112 valence electrons. The lowest BCUT2D eigenvalue weighted by Gasteiger charge is -2.20. The van der Waals surface area contributed by atoms with Crippen molar-refractivity contribution in [3.8, 4) is 5.75 Å². The SMILES string of the molecule is CCCC1CCCC(Nc2ccccc2OCC)CC1. The second kappa shape index (κ2) is 8.18. The first kappa shape index (κ1) is 15.2. The van der Waals surface area contributed by atoms with Gasteiger partial charge < -0.3 is 10.1 Å². The number of rotatable bonds is 6. The summed E-state index contributed by atoms with van der Waals surface area (Å²) in [5, 5.41) is 3.71. The molecule has 0 bridgehead atoms. The minimum absolute atomic E-state index is 0.610. The van der Waals surface area contributed by atoms with E-state index in [1.807, 2.05) is 13.0 Å². The fourth-order valence-electron chi connectivity index (χ4n) is 3.31. The Labute approximate surface area is 123 Å². The van der Waals surface area contributed by atoms with Crippen molar-refractivity contribution in [2.24, 2.45) is 5.92 Å². The van der Waals surface area contributed by atoms with Crippen LogP contribution in [0, 0.1) is 5.92 Å². The molecule has 1 saturated carbocycles. The molecule has 0 radical (unpaired) electrons. The molecule has 0 amide bonds. The summed E-state index contributed by atoms with van der Waals surface area (Å²) in [5.74, 6) is 1.94. The monoisotopic (exact) mass is 275 g/mol. The van der Waals surface area contributed by atoms with Crippen LogP contribution in [0.15, 0.2) is 24.3 Å². The lowest BCUT2D eigenvalue weighted by molar-refractivity contribution is 0.341. The molecule has 1 aromatic carbocycles. The van der Waals surface area contributed by atoms with E-state index in [-0.39, 0.29) is 0 Å². The number of ether oxygens (including phenoxy) is 1. The number of para-hydroxylation sites is 2. The van der Waals surface area contributed by atoms with Crippen LogP contribution in [0.4, 0.5) is 5.69 Å². The summed E-state index contributed by atoms with van der Waals surface area (Å²) in [6.45, 7) is 5.07. The van der Waals surface area contributed by atoms with Crippen LogP contribution >= 0.6 is 0 Å². The van der Waals surface area contributed by atoms with Gasteiger partial charge in [0, 0.05) is 6.04 Å². The molecule has 1 aliphatic carbocycles. The Hall–Kier alpha value is -1.18. The van der Waals surface area contributed by atoms with E-state index in [1.54, 1.807) is 0 Å². The smallest absolute Gasteiger partial charge is 0.142 e. The zero-order chi connectivity index (χ0) is 14.2. The molecule has 2 atom stereocenters. The largest absolute Gasteiger partial charge is 0.492 e. The maximum absolute atomic E-state index is 5.71. The van der Waals surface area contributed by atoms with E-state index in [2.05, 4.69) is 30.4 Å². The Morgan fingerprint density at radius 2 is 1.95 bits per heavy atom. The van der Waals surface area contributed by atoms with Crippen LogP contribution in [-0.2, 0) is 0 Å². The minimum Gasteiger partial charge on any atom is -0.492 e. The fourth-order valence-corrected chi connectivity index (χ4v) is 3.31. The predicted octanol–water partition coefficient (Wildman–Crippen LogP) is 5.25. The molecule has 20 heavy (non-hydrogen) atoms. The minimum atomic E-state index is 0.610. The van der Waals surface area contributed by atoms with Crippen LogP contribution in [0.2, 0.25) is 0 Å². The Morgan fingerprint density at radius 3 is 2.75 bits per heavy atom. The molecule has 2 nitrogen and oxygen atoms in total. The van der Waals surface area contributed by atoms with E-state index in [0.29, 0.717) is 6.04 Å². The average molecular weight is 275 g/mol. The molecule has 0 spiro atoms. The highest BCUT2D eigenvalue weighted by Crippen LogP contribution is 2.31. The normalized spacial score (nSPS) is 23.1. The maximum atomic E-state index is 5.71. The highest BCUT2D eigenvalue weighted by atomic mass is 16.5. The van der Waals surface area contributed by atoms with E-state index in [9.17, 15) is 0 Å². The van der Waals surface area contributed by atoms with Gasteiger partial charge in [-0.25, -0.2) is 0 Å². The number of nitrogens with one attached hydrogen (secondary N) is 1. The lowest BCUT2D eigenvalue weighted by Crippen LogP contribution is -2.19. The van der Waals surface area contributed by atoms with Crippen LogP contribution < -0.4 is 10.1 Å². The summed E-state index contributed by atoms with van der Waals surface area (Å²) < 4.78 is 5.71. The lowest BCUT2D eigenvalue weighted by atomic mass is 9.95. The van der Waals surface area contributed by atoms with Gasteiger partial charge in [-0.15, -0.1) is 0 Å². The van der Waals surface area contributed by atoms with Crippen molar-refractivity contribution in [3.63, 3.8) is 0 Å². The summed E-state index contributed by atoms with van der Waals surface area (Å²) in [7, 11) is 0. The van der Waals surface area contributed by atoms with Crippen LogP contribution in [-0.4, -0.2) is 12.6 Å². The van der Waals surface area contributed by atoms with Crippen molar-refractivity contribution in [2.75, 3.05) is 11.9 Å². The predicted molar refractivity (Wildman–Crippen MR) is 86.5 cm³/mol. The summed E-state index contributed by atoms with van der Waals surface area (Å²) in [6, 6.07) is 8.93. The summed E-state index contributed by atoms with van der Waals surface area (Å²) in [6.07, 6.45) is 9.48. The van der Waals surface area contributed by atoms with Crippen LogP contribution in [0.5, 0.6) is 5.75 Å². The zero-order valence-corrected chi connectivity index (χ0v) is 13.0. The van der Waals surface area contributed by atoms with E-state index in [4.69, 9.17) is 4.74 Å². The van der Waals surface area contributed by atoms with E-state index in [0.717, 1.165) is 24.0 Å². The van der Waals surface area contributed by atoms with Crippen molar-refractivity contribution in [2.45, 2.75) is 64.8 Å². The second-order valence-electron chi connectivity index (χ2n) is 5.93. The van der Waals surface area contributed by atoms with Gasteiger partial charge in [0.05, 0.1) is 12.3 Å². The molecule has 2 unspecified atom stereocenters. The third-order valence-corrected chi connectivity index (χ3v) is 4.33. The number of anilines is 1. The van der Waals surface area contributed by atoms with Crippen molar-refractivity contribution in [3.05, 3.63) is 24.3 Å². The van der Waals surface area contributed by atoms with Gasteiger partial charge in [0.1, 0.15) is 5.75 Å². The number of hydrogen-bond donors (Lipinski definition) is 1. The van der Waals surface area contributed by atoms with Crippen molar-refractivity contribution >= 4 is 5.69 Å². The first-order chi connectivity index (χ1) is 9.83. The van der Waals surface area contributed by atoms with Crippen molar-refractivity contribution in [1.29, 1.82) is 0 Å². The standard InChI is InChI=1S/C18H29NO/c1-3-8-15-9-7-10-16(14-13-15)19-17-11-5-6-12-18(17)20-4-2/h5-6,11-12,15-16,19H,3-4,7-10,13-14H2,1-2H3. The van der Waals surface area contributed by atoms with Gasteiger partial charge in [-0.2, -0.15) is 0 Å². The Kier molecular flexibility index (Phi) is 6.23. The highest BCUT2D eigenvalue weighted by Gasteiger charge is 2.19. The van der Waals surface area contributed by atoms with Crippen LogP contribution in [0.25, 0.3) is 0 Å². The first-order valence-corrected chi connectivity index (χ1v) is 8.31. The van der Waals surface area contributed by atoms with Gasteiger partial charge in [-0.3, -0.25) is 0 Å². The Balaban J connectivity index is 1.93. The number of benzene rings is 1. The van der Waals surface area contributed by atoms with Crippen molar-refractivity contribution in [1.82, 2.24) is 0 Å². The van der Waals surface area contributed by atoms with Crippen LogP contribution in [0.3, 0.4) is 0 Å². The van der Waals surface area contributed by atoms with E-state index < -0.39 is 0 Å². The molecule has 1 N–H and O–H groups in total. The molecule has 2 rings (SSSR count). The van der Waals surface area contributed by atoms with E-state index >= 15 is 0 Å². The molecule has 1 aliphatic rings. The van der Waals surface area contributed by atoms with Crippen LogP contribution in [0.1, 0.15) is 58.8 Å². The molecule has 2 heteroatoms. The zero-order valence-electron chi connectivity index (χ0n) is 13.0. The molecule has 0 saturated heterocycles. The summed E-state index contributed by atoms with van der Waals surface area (Å²) >= 11 is 0.